The van der Waals surface area contributed by atoms with Gasteiger partial charge in [-0.2, -0.15) is 5.10 Å². The van der Waals surface area contributed by atoms with Crippen LogP contribution >= 0.6 is 34.8 Å². The Morgan fingerprint density at radius 2 is 1.89 bits per heavy atom. The van der Waals surface area contributed by atoms with Crippen LogP contribution in [-0.4, -0.2) is 44.9 Å². The van der Waals surface area contributed by atoms with Crippen LogP contribution in [0.4, 0.5) is 0 Å². The van der Waals surface area contributed by atoms with Crippen molar-refractivity contribution in [2.45, 2.75) is 32.4 Å². The van der Waals surface area contributed by atoms with Crippen LogP contribution in [-0.2, 0) is 11.3 Å². The van der Waals surface area contributed by atoms with Gasteiger partial charge in [-0.15, -0.1) is 0 Å². The molecule has 8 heteroatoms. The van der Waals surface area contributed by atoms with E-state index in [9.17, 15) is 9.90 Å². The van der Waals surface area contributed by atoms with E-state index in [0.29, 0.717) is 58.9 Å². The number of benzene rings is 1. The Hall–Kier alpha value is -1.53. The molecule has 0 spiro atoms. The van der Waals surface area contributed by atoms with Gasteiger partial charge >= 0.3 is 0 Å². The number of amides is 1. The predicted molar refractivity (Wildman–Crippen MR) is 108 cm³/mol. The standard InChI is InChI=1S/C19H20Cl3N3O2/c1-12-14(5-6-18(27)24-9-7-13(26)8-10-24)19(22)25(23-12)11-15-16(20)3-2-4-17(15)21/h2-6,13,26H,7-11H2,1H3. The van der Waals surface area contributed by atoms with Gasteiger partial charge in [0.15, 0.2) is 0 Å². The Bertz CT molecular complexity index is 851. The van der Waals surface area contributed by atoms with Crippen LogP contribution in [0.1, 0.15) is 29.7 Å². The molecule has 0 unspecified atom stereocenters. The third kappa shape index (κ3) is 4.66. The van der Waals surface area contributed by atoms with Crippen molar-refractivity contribution in [3.05, 3.63) is 56.3 Å². The summed E-state index contributed by atoms with van der Waals surface area (Å²) in [5.41, 5.74) is 2.13. The summed E-state index contributed by atoms with van der Waals surface area (Å²) in [5.74, 6) is -0.0979. The average Bonchev–Trinajstić information content (AvgIpc) is 2.90. The Kier molecular flexibility index (Phi) is 6.48. The van der Waals surface area contributed by atoms with E-state index in [1.54, 1.807) is 33.9 Å². The van der Waals surface area contributed by atoms with Crippen molar-refractivity contribution in [1.82, 2.24) is 14.7 Å². The summed E-state index contributed by atoms with van der Waals surface area (Å²) in [7, 11) is 0. The zero-order valence-electron chi connectivity index (χ0n) is 14.8. The Morgan fingerprint density at radius 1 is 1.26 bits per heavy atom. The smallest absolute Gasteiger partial charge is 0.246 e. The number of hydrogen-bond acceptors (Lipinski definition) is 3. The fourth-order valence-electron chi connectivity index (χ4n) is 3.04. The van der Waals surface area contributed by atoms with Gasteiger partial charge in [0.05, 0.1) is 18.3 Å². The van der Waals surface area contributed by atoms with Crippen molar-refractivity contribution >= 4 is 46.8 Å². The molecule has 1 aromatic heterocycles. The van der Waals surface area contributed by atoms with E-state index in [1.807, 2.05) is 6.92 Å². The Balaban J connectivity index is 1.77. The average molecular weight is 429 g/mol. The van der Waals surface area contributed by atoms with Gasteiger partial charge in [-0.1, -0.05) is 40.9 Å². The number of carbonyl (C=O) groups excluding carboxylic acids is 1. The quantitative estimate of drug-likeness (QED) is 0.743. The van der Waals surface area contributed by atoms with E-state index in [1.165, 1.54) is 6.08 Å². The summed E-state index contributed by atoms with van der Waals surface area (Å²) in [4.78, 5) is 14.1. The van der Waals surface area contributed by atoms with Gasteiger partial charge in [0.2, 0.25) is 5.91 Å². The molecule has 1 saturated heterocycles. The summed E-state index contributed by atoms with van der Waals surface area (Å²) in [6, 6.07) is 5.31. The van der Waals surface area contributed by atoms with Gasteiger partial charge in [-0.3, -0.25) is 4.79 Å². The zero-order chi connectivity index (χ0) is 19.6. The summed E-state index contributed by atoms with van der Waals surface area (Å²) >= 11 is 18.9. The van der Waals surface area contributed by atoms with Gasteiger partial charge in [-0.25, -0.2) is 4.68 Å². The molecule has 0 radical (unpaired) electrons. The largest absolute Gasteiger partial charge is 0.393 e. The second-order valence-corrected chi connectivity index (χ2v) is 7.71. The van der Waals surface area contributed by atoms with Crippen LogP contribution in [0.5, 0.6) is 0 Å². The second-order valence-electron chi connectivity index (χ2n) is 6.54. The van der Waals surface area contributed by atoms with Crippen LogP contribution in [0.2, 0.25) is 15.2 Å². The van der Waals surface area contributed by atoms with Crippen LogP contribution in [0.3, 0.4) is 0 Å². The lowest BCUT2D eigenvalue weighted by molar-refractivity contribution is -0.127. The molecular formula is C19H20Cl3N3O2. The van der Waals surface area contributed by atoms with Gasteiger partial charge in [0.25, 0.3) is 0 Å². The maximum Gasteiger partial charge on any atom is 0.246 e. The number of nitrogens with zero attached hydrogens (tertiary/aromatic N) is 3. The number of aromatic nitrogens is 2. The van der Waals surface area contributed by atoms with Gasteiger partial charge in [0, 0.05) is 40.3 Å². The minimum Gasteiger partial charge on any atom is -0.393 e. The van der Waals surface area contributed by atoms with E-state index in [0.717, 1.165) is 5.56 Å². The third-order valence-electron chi connectivity index (χ3n) is 4.65. The van der Waals surface area contributed by atoms with E-state index in [2.05, 4.69) is 5.10 Å². The molecule has 5 nitrogen and oxygen atoms in total. The van der Waals surface area contributed by atoms with E-state index >= 15 is 0 Å². The molecule has 2 aromatic rings. The molecule has 1 aromatic carbocycles. The minimum absolute atomic E-state index is 0.0979. The van der Waals surface area contributed by atoms with Crippen LogP contribution < -0.4 is 0 Å². The molecule has 0 saturated carbocycles. The molecule has 0 bridgehead atoms. The summed E-state index contributed by atoms with van der Waals surface area (Å²) in [5, 5.41) is 15.5. The number of aliphatic hydroxyl groups is 1. The van der Waals surface area contributed by atoms with Crippen molar-refractivity contribution in [3.63, 3.8) is 0 Å². The Morgan fingerprint density at radius 3 is 2.52 bits per heavy atom. The molecule has 0 aliphatic carbocycles. The summed E-state index contributed by atoms with van der Waals surface area (Å²) < 4.78 is 1.62. The molecule has 2 heterocycles. The fraction of sp³-hybridized carbons (Fsp3) is 0.368. The molecular weight excluding hydrogens is 409 g/mol. The van der Waals surface area contributed by atoms with Crippen molar-refractivity contribution in [2.75, 3.05) is 13.1 Å². The predicted octanol–water partition coefficient (Wildman–Crippen LogP) is 4.20. The second kappa shape index (κ2) is 8.65. The molecule has 144 valence electrons. The fourth-order valence-corrected chi connectivity index (χ4v) is 3.85. The molecule has 1 fully saturated rings. The Labute approximate surface area is 173 Å². The monoisotopic (exact) mass is 427 g/mol. The number of carbonyl (C=O) groups is 1. The molecule has 1 aliphatic rings. The lowest BCUT2D eigenvalue weighted by atomic mass is 10.1. The van der Waals surface area contributed by atoms with Crippen molar-refractivity contribution in [2.24, 2.45) is 0 Å². The first-order valence-corrected chi connectivity index (χ1v) is 9.81. The maximum absolute atomic E-state index is 12.3. The topological polar surface area (TPSA) is 58.4 Å². The van der Waals surface area contributed by atoms with Gasteiger partial charge < -0.3 is 10.0 Å². The number of rotatable bonds is 4. The first kappa shape index (κ1) is 20.2. The third-order valence-corrected chi connectivity index (χ3v) is 5.75. The van der Waals surface area contributed by atoms with Crippen molar-refractivity contribution in [3.8, 4) is 0 Å². The first-order chi connectivity index (χ1) is 12.9. The van der Waals surface area contributed by atoms with E-state index in [-0.39, 0.29) is 12.0 Å². The summed E-state index contributed by atoms with van der Waals surface area (Å²) in [6.45, 7) is 3.28. The highest BCUT2D eigenvalue weighted by Gasteiger charge is 2.20. The number of likely N-dealkylation sites (tertiary alicyclic amines) is 1. The minimum atomic E-state index is -0.315. The number of aryl methyl sites for hydroxylation is 1. The van der Waals surface area contributed by atoms with Crippen LogP contribution in [0.25, 0.3) is 6.08 Å². The maximum atomic E-state index is 12.3. The first-order valence-electron chi connectivity index (χ1n) is 8.67. The highest BCUT2D eigenvalue weighted by Crippen LogP contribution is 2.28. The van der Waals surface area contributed by atoms with Gasteiger partial charge in [0.1, 0.15) is 5.15 Å². The number of piperidine rings is 1. The number of hydrogen-bond donors (Lipinski definition) is 1. The van der Waals surface area contributed by atoms with E-state index in [4.69, 9.17) is 34.8 Å². The highest BCUT2D eigenvalue weighted by atomic mass is 35.5. The number of aliphatic hydroxyl groups excluding tert-OH is 1. The highest BCUT2D eigenvalue weighted by molar-refractivity contribution is 6.36. The summed E-state index contributed by atoms with van der Waals surface area (Å²) in [6.07, 6.45) is 4.08. The van der Waals surface area contributed by atoms with Crippen LogP contribution in [0.15, 0.2) is 24.3 Å². The van der Waals surface area contributed by atoms with E-state index < -0.39 is 0 Å². The van der Waals surface area contributed by atoms with Crippen molar-refractivity contribution in [1.29, 1.82) is 0 Å². The molecule has 3 rings (SSSR count). The molecule has 1 N–H and O–H groups in total. The SMILES string of the molecule is Cc1nn(Cc2c(Cl)cccc2Cl)c(Cl)c1C=CC(=O)N1CCC(O)CC1. The van der Waals surface area contributed by atoms with Crippen LogP contribution in [0, 0.1) is 6.92 Å². The molecule has 1 aliphatic heterocycles. The normalized spacial score (nSPS) is 15.7. The number of halogens is 3. The molecule has 27 heavy (non-hydrogen) atoms. The molecule has 1 amide bonds. The van der Waals surface area contributed by atoms with Gasteiger partial charge in [-0.05, 0) is 38.0 Å². The van der Waals surface area contributed by atoms with Crippen molar-refractivity contribution < 1.29 is 9.90 Å². The lowest BCUT2D eigenvalue weighted by Crippen LogP contribution is -2.39. The lowest BCUT2D eigenvalue weighted by Gasteiger charge is -2.28. The molecule has 0 atom stereocenters. The zero-order valence-corrected chi connectivity index (χ0v) is 17.1.